The zero-order valence-corrected chi connectivity index (χ0v) is 15.9. The Bertz CT molecular complexity index is 656. The standard InChI is InChI=1S/C21H30N2O4/c24-10-2-11-26-17-8-5-15-3-1-4-19(18(15)13-17)23(16-6-7-16)21(25)20-14-22-9-12-27-20/h5,8,13,16,19-20,22,24H,1-4,6-7,9-12,14H2/t19-,20+/m0/s1. The van der Waals surface area contributed by atoms with Gasteiger partial charge in [0.1, 0.15) is 11.9 Å². The zero-order chi connectivity index (χ0) is 18.6. The third-order valence-electron chi connectivity index (χ3n) is 5.70. The van der Waals surface area contributed by atoms with Crippen LogP contribution in [0.5, 0.6) is 5.75 Å². The van der Waals surface area contributed by atoms with Crippen molar-refractivity contribution in [2.24, 2.45) is 0 Å². The van der Waals surface area contributed by atoms with E-state index in [1.54, 1.807) is 0 Å². The highest BCUT2D eigenvalue weighted by atomic mass is 16.5. The van der Waals surface area contributed by atoms with E-state index in [1.165, 1.54) is 11.1 Å². The molecule has 2 atom stereocenters. The van der Waals surface area contributed by atoms with E-state index >= 15 is 0 Å². The van der Waals surface area contributed by atoms with E-state index in [1.807, 2.05) is 6.07 Å². The number of benzene rings is 1. The number of fused-ring (bicyclic) bond motifs is 1. The first-order valence-corrected chi connectivity index (χ1v) is 10.3. The Morgan fingerprint density at radius 2 is 2.22 bits per heavy atom. The smallest absolute Gasteiger partial charge is 0.253 e. The Hall–Kier alpha value is -1.63. The predicted octanol–water partition coefficient (Wildman–Crippen LogP) is 1.80. The van der Waals surface area contributed by atoms with Gasteiger partial charge in [0, 0.05) is 32.2 Å². The van der Waals surface area contributed by atoms with Gasteiger partial charge in [0.05, 0.1) is 19.3 Å². The van der Waals surface area contributed by atoms with Gasteiger partial charge in [-0.1, -0.05) is 6.07 Å². The number of amides is 1. The number of aliphatic hydroxyl groups excluding tert-OH is 1. The molecule has 2 N–H and O–H groups in total. The molecule has 0 unspecified atom stereocenters. The van der Waals surface area contributed by atoms with Gasteiger partial charge in [-0.3, -0.25) is 4.79 Å². The van der Waals surface area contributed by atoms with Crippen molar-refractivity contribution in [3.8, 4) is 5.75 Å². The number of aliphatic hydroxyl groups is 1. The first-order chi connectivity index (χ1) is 13.3. The third-order valence-corrected chi connectivity index (χ3v) is 5.70. The van der Waals surface area contributed by atoms with Crippen LogP contribution >= 0.6 is 0 Å². The summed E-state index contributed by atoms with van der Waals surface area (Å²) in [6.45, 7) is 2.65. The molecule has 2 fully saturated rings. The van der Waals surface area contributed by atoms with Crippen LogP contribution in [0.1, 0.15) is 49.3 Å². The Morgan fingerprint density at radius 3 is 2.96 bits per heavy atom. The highest BCUT2D eigenvalue weighted by Crippen LogP contribution is 2.42. The summed E-state index contributed by atoms with van der Waals surface area (Å²) >= 11 is 0. The number of ether oxygens (including phenoxy) is 2. The van der Waals surface area contributed by atoms with E-state index in [0.29, 0.717) is 32.2 Å². The quantitative estimate of drug-likeness (QED) is 0.712. The molecule has 148 valence electrons. The number of carbonyl (C=O) groups excluding carboxylic acids is 1. The molecule has 0 bridgehead atoms. The number of aryl methyl sites for hydroxylation is 1. The molecule has 0 spiro atoms. The topological polar surface area (TPSA) is 71.0 Å². The first kappa shape index (κ1) is 18.7. The van der Waals surface area contributed by atoms with Gasteiger partial charge in [-0.25, -0.2) is 0 Å². The van der Waals surface area contributed by atoms with Crippen LogP contribution < -0.4 is 10.1 Å². The van der Waals surface area contributed by atoms with Gasteiger partial charge in [0.2, 0.25) is 0 Å². The lowest BCUT2D eigenvalue weighted by atomic mass is 9.86. The molecular weight excluding hydrogens is 344 g/mol. The molecule has 27 heavy (non-hydrogen) atoms. The van der Waals surface area contributed by atoms with Crippen LogP contribution in [-0.2, 0) is 16.0 Å². The summed E-state index contributed by atoms with van der Waals surface area (Å²) in [6, 6.07) is 6.72. The van der Waals surface area contributed by atoms with E-state index in [4.69, 9.17) is 14.6 Å². The van der Waals surface area contributed by atoms with E-state index in [0.717, 1.165) is 44.4 Å². The number of rotatable bonds is 7. The Morgan fingerprint density at radius 1 is 1.33 bits per heavy atom. The van der Waals surface area contributed by atoms with E-state index in [-0.39, 0.29) is 24.7 Å². The maximum Gasteiger partial charge on any atom is 0.253 e. The molecule has 2 aliphatic carbocycles. The molecular formula is C21H30N2O4. The predicted molar refractivity (Wildman–Crippen MR) is 102 cm³/mol. The monoisotopic (exact) mass is 374 g/mol. The van der Waals surface area contributed by atoms with Gasteiger partial charge >= 0.3 is 0 Å². The van der Waals surface area contributed by atoms with Gasteiger partial charge in [-0.05, 0) is 55.4 Å². The molecule has 1 amide bonds. The molecule has 6 nitrogen and oxygen atoms in total. The maximum atomic E-state index is 13.3. The summed E-state index contributed by atoms with van der Waals surface area (Å²) in [5, 5.41) is 12.2. The fourth-order valence-electron chi connectivity index (χ4n) is 4.22. The molecule has 4 rings (SSSR count). The molecule has 3 aliphatic rings. The van der Waals surface area contributed by atoms with Gasteiger partial charge in [-0.2, -0.15) is 0 Å². The molecule has 0 aromatic heterocycles. The van der Waals surface area contributed by atoms with Crippen LogP contribution in [-0.4, -0.2) is 61.0 Å². The number of hydrogen-bond acceptors (Lipinski definition) is 5. The number of nitrogens with zero attached hydrogens (tertiary/aromatic N) is 1. The Balaban J connectivity index is 1.56. The Kier molecular flexibility index (Phi) is 5.95. The summed E-state index contributed by atoms with van der Waals surface area (Å²) in [7, 11) is 0. The molecule has 6 heteroatoms. The number of hydrogen-bond donors (Lipinski definition) is 2. The zero-order valence-electron chi connectivity index (χ0n) is 15.9. The second kappa shape index (κ2) is 8.59. The highest BCUT2D eigenvalue weighted by Gasteiger charge is 2.42. The van der Waals surface area contributed by atoms with Crippen molar-refractivity contribution in [1.29, 1.82) is 0 Å². The molecule has 1 saturated carbocycles. The molecule has 1 saturated heterocycles. The largest absolute Gasteiger partial charge is 0.493 e. The second-order valence-electron chi connectivity index (χ2n) is 7.73. The molecule has 1 heterocycles. The van der Waals surface area contributed by atoms with Crippen LogP contribution in [0.2, 0.25) is 0 Å². The van der Waals surface area contributed by atoms with Crippen LogP contribution in [0.4, 0.5) is 0 Å². The first-order valence-electron chi connectivity index (χ1n) is 10.3. The minimum atomic E-state index is -0.367. The molecule has 0 radical (unpaired) electrons. The normalized spacial score (nSPS) is 24.9. The van der Waals surface area contributed by atoms with Crippen molar-refractivity contribution in [2.75, 3.05) is 32.9 Å². The summed E-state index contributed by atoms with van der Waals surface area (Å²) in [5.74, 6) is 0.960. The third kappa shape index (κ3) is 4.28. The van der Waals surface area contributed by atoms with Gasteiger partial charge in [0.15, 0.2) is 0 Å². The van der Waals surface area contributed by atoms with Gasteiger partial charge in [-0.15, -0.1) is 0 Å². The van der Waals surface area contributed by atoms with Crippen molar-refractivity contribution in [3.63, 3.8) is 0 Å². The van der Waals surface area contributed by atoms with Gasteiger partial charge in [0.25, 0.3) is 5.91 Å². The van der Waals surface area contributed by atoms with Crippen LogP contribution in [0.25, 0.3) is 0 Å². The Labute approximate surface area is 160 Å². The lowest BCUT2D eigenvalue weighted by molar-refractivity contribution is -0.149. The van der Waals surface area contributed by atoms with Crippen molar-refractivity contribution in [1.82, 2.24) is 10.2 Å². The molecule has 1 aromatic carbocycles. The van der Waals surface area contributed by atoms with E-state index in [2.05, 4.69) is 22.3 Å². The van der Waals surface area contributed by atoms with E-state index in [9.17, 15) is 4.79 Å². The SMILES string of the molecule is O=C([C@H]1CNCCO1)N(C1CC1)[C@H]1CCCc2ccc(OCCCO)cc21. The van der Waals surface area contributed by atoms with Crippen molar-refractivity contribution < 1.29 is 19.4 Å². The average molecular weight is 374 g/mol. The van der Waals surface area contributed by atoms with Gasteiger partial charge < -0.3 is 24.8 Å². The summed E-state index contributed by atoms with van der Waals surface area (Å²) in [5.41, 5.74) is 2.55. The summed E-state index contributed by atoms with van der Waals surface area (Å²) in [6.07, 6.45) is 5.58. The number of nitrogens with one attached hydrogen (secondary N) is 1. The number of carbonyl (C=O) groups is 1. The van der Waals surface area contributed by atoms with Crippen LogP contribution in [0, 0.1) is 0 Å². The average Bonchev–Trinajstić information content (AvgIpc) is 3.54. The van der Waals surface area contributed by atoms with Crippen molar-refractivity contribution in [3.05, 3.63) is 29.3 Å². The second-order valence-corrected chi connectivity index (χ2v) is 7.73. The maximum absolute atomic E-state index is 13.3. The fraction of sp³-hybridized carbons (Fsp3) is 0.667. The van der Waals surface area contributed by atoms with Crippen molar-refractivity contribution in [2.45, 2.75) is 56.7 Å². The molecule has 1 aliphatic heterocycles. The minimum absolute atomic E-state index is 0.112. The molecule has 1 aromatic rings. The van der Waals surface area contributed by atoms with Crippen LogP contribution in [0.3, 0.4) is 0 Å². The van der Waals surface area contributed by atoms with E-state index < -0.39 is 0 Å². The minimum Gasteiger partial charge on any atom is -0.493 e. The fourth-order valence-corrected chi connectivity index (χ4v) is 4.22. The lowest BCUT2D eigenvalue weighted by Gasteiger charge is -2.39. The lowest BCUT2D eigenvalue weighted by Crippen LogP contribution is -2.51. The summed E-state index contributed by atoms with van der Waals surface area (Å²) < 4.78 is 11.6. The number of morpholine rings is 1. The summed E-state index contributed by atoms with van der Waals surface area (Å²) in [4.78, 5) is 15.4. The van der Waals surface area contributed by atoms with Crippen molar-refractivity contribution >= 4 is 5.91 Å². The highest BCUT2D eigenvalue weighted by molar-refractivity contribution is 5.82. The van der Waals surface area contributed by atoms with Crippen LogP contribution in [0.15, 0.2) is 18.2 Å².